The molecule has 1 aliphatic rings. The van der Waals surface area contributed by atoms with Crippen molar-refractivity contribution in [3.05, 3.63) is 98.6 Å². The van der Waals surface area contributed by atoms with Gasteiger partial charge in [-0.2, -0.15) is 0 Å². The van der Waals surface area contributed by atoms with Crippen LogP contribution in [0.15, 0.2) is 77.4 Å². The summed E-state index contributed by atoms with van der Waals surface area (Å²) in [4.78, 5) is 19.5. The molecule has 3 aromatic rings. The fraction of sp³-hybridized carbons (Fsp3) is 0.0435. The Morgan fingerprint density at radius 2 is 1.63 bits per heavy atom. The van der Waals surface area contributed by atoms with Crippen molar-refractivity contribution in [3.8, 4) is 5.75 Å². The van der Waals surface area contributed by atoms with E-state index in [9.17, 15) is 4.79 Å². The molecule has 0 N–H and O–H groups in total. The Bertz CT molecular complexity index is 1190. The average molecular weight is 458 g/mol. The van der Waals surface area contributed by atoms with Crippen molar-refractivity contribution in [1.29, 1.82) is 0 Å². The van der Waals surface area contributed by atoms with Gasteiger partial charge in [0, 0.05) is 15.1 Å². The van der Waals surface area contributed by atoms with E-state index in [0.29, 0.717) is 43.5 Å². The molecule has 0 atom stereocenters. The number of anilines is 1. The zero-order chi connectivity index (χ0) is 21.3. The lowest BCUT2D eigenvalue weighted by Crippen LogP contribution is -2.32. The van der Waals surface area contributed by atoms with Gasteiger partial charge in [-0.05, 0) is 60.2 Å². The first-order chi connectivity index (χ1) is 14.5. The second kappa shape index (κ2) is 8.52. The lowest BCUT2D eigenvalue weighted by molar-refractivity contribution is -0.113. The Morgan fingerprint density at radius 1 is 0.933 bits per heavy atom. The highest BCUT2D eigenvalue weighted by Gasteiger charge is 2.34. The number of halogens is 3. The minimum absolute atomic E-state index is 0.245. The molecule has 0 aliphatic carbocycles. The van der Waals surface area contributed by atoms with Crippen LogP contribution in [0.25, 0.3) is 6.08 Å². The molecule has 1 aliphatic heterocycles. The highest BCUT2D eigenvalue weighted by atomic mass is 35.5. The minimum Gasteiger partial charge on any atom is -0.496 e. The van der Waals surface area contributed by atoms with Gasteiger partial charge < -0.3 is 4.74 Å². The van der Waals surface area contributed by atoms with Gasteiger partial charge in [0.05, 0.1) is 18.4 Å². The Labute approximate surface area is 189 Å². The Balaban J connectivity index is 1.87. The van der Waals surface area contributed by atoms with Crippen molar-refractivity contribution in [3.63, 3.8) is 0 Å². The van der Waals surface area contributed by atoms with E-state index in [4.69, 9.17) is 39.5 Å². The number of ether oxygens (including phenoxy) is 1. The topological polar surface area (TPSA) is 41.9 Å². The molecule has 30 heavy (non-hydrogen) atoms. The van der Waals surface area contributed by atoms with Crippen LogP contribution in [0.3, 0.4) is 0 Å². The summed E-state index contributed by atoms with van der Waals surface area (Å²) in [5.74, 6) is 0.772. The SMILES string of the molecule is COc1ccccc1C1=N/C(=C/c2ccc(Cl)cc2Cl)C(=O)N1c1ccc(Cl)cc1. The fourth-order valence-electron chi connectivity index (χ4n) is 3.12. The molecule has 0 fully saturated rings. The predicted octanol–water partition coefficient (Wildman–Crippen LogP) is 6.49. The molecule has 1 amide bonds. The van der Waals surface area contributed by atoms with Crippen molar-refractivity contribution in [2.24, 2.45) is 4.99 Å². The predicted molar refractivity (Wildman–Crippen MR) is 123 cm³/mol. The molecular formula is C23H15Cl3N2O2. The third-order valence-electron chi connectivity index (χ3n) is 4.55. The number of amides is 1. The van der Waals surface area contributed by atoms with E-state index in [1.165, 1.54) is 4.90 Å². The van der Waals surface area contributed by atoms with Crippen LogP contribution < -0.4 is 9.64 Å². The lowest BCUT2D eigenvalue weighted by Gasteiger charge is -2.20. The van der Waals surface area contributed by atoms with Crippen LogP contribution in [-0.2, 0) is 4.79 Å². The minimum atomic E-state index is -0.288. The van der Waals surface area contributed by atoms with E-state index in [0.717, 1.165) is 0 Å². The van der Waals surface area contributed by atoms with Gasteiger partial charge >= 0.3 is 0 Å². The first-order valence-electron chi connectivity index (χ1n) is 8.97. The van der Waals surface area contributed by atoms with E-state index in [1.807, 2.05) is 24.3 Å². The van der Waals surface area contributed by atoms with Crippen molar-refractivity contribution >= 4 is 58.3 Å². The van der Waals surface area contributed by atoms with Crippen molar-refractivity contribution in [2.75, 3.05) is 12.0 Å². The molecule has 0 aromatic heterocycles. The number of hydrogen-bond acceptors (Lipinski definition) is 3. The number of benzene rings is 3. The number of para-hydroxylation sites is 1. The van der Waals surface area contributed by atoms with Crippen LogP contribution in [-0.4, -0.2) is 18.9 Å². The smallest absolute Gasteiger partial charge is 0.282 e. The molecule has 0 unspecified atom stereocenters. The molecule has 0 spiro atoms. The van der Waals surface area contributed by atoms with Crippen LogP contribution in [0.1, 0.15) is 11.1 Å². The summed E-state index contributed by atoms with van der Waals surface area (Å²) in [6, 6.07) is 19.5. The largest absolute Gasteiger partial charge is 0.496 e. The van der Waals surface area contributed by atoms with Crippen LogP contribution >= 0.6 is 34.8 Å². The van der Waals surface area contributed by atoms with Crippen molar-refractivity contribution in [1.82, 2.24) is 0 Å². The molecule has 0 saturated heterocycles. The van der Waals surface area contributed by atoms with E-state index >= 15 is 0 Å². The third-order valence-corrected chi connectivity index (χ3v) is 5.36. The van der Waals surface area contributed by atoms with Gasteiger partial charge in [0.25, 0.3) is 5.91 Å². The molecule has 3 aromatic carbocycles. The van der Waals surface area contributed by atoms with E-state index in [2.05, 4.69) is 4.99 Å². The van der Waals surface area contributed by atoms with Crippen molar-refractivity contribution < 1.29 is 9.53 Å². The van der Waals surface area contributed by atoms with E-state index < -0.39 is 0 Å². The normalized spacial score (nSPS) is 14.9. The molecule has 0 radical (unpaired) electrons. The van der Waals surface area contributed by atoms with Crippen LogP contribution in [0.2, 0.25) is 15.1 Å². The Morgan fingerprint density at radius 3 is 2.33 bits per heavy atom. The number of rotatable bonds is 4. The lowest BCUT2D eigenvalue weighted by atomic mass is 10.1. The van der Waals surface area contributed by atoms with Gasteiger partial charge in [-0.25, -0.2) is 4.99 Å². The summed E-state index contributed by atoms with van der Waals surface area (Å²) >= 11 is 18.3. The van der Waals surface area contributed by atoms with Crippen LogP contribution in [0, 0.1) is 0 Å². The summed E-state index contributed by atoms with van der Waals surface area (Å²) in [6.07, 6.45) is 1.65. The number of hydrogen-bond donors (Lipinski definition) is 0. The van der Waals surface area contributed by atoms with Gasteiger partial charge in [-0.15, -0.1) is 0 Å². The molecule has 0 bridgehead atoms. The van der Waals surface area contributed by atoms with Crippen LogP contribution in [0.4, 0.5) is 5.69 Å². The number of methoxy groups -OCH3 is 1. The maximum atomic E-state index is 13.4. The second-order valence-electron chi connectivity index (χ2n) is 6.45. The van der Waals surface area contributed by atoms with Gasteiger partial charge in [0.15, 0.2) is 5.84 Å². The van der Waals surface area contributed by atoms with Gasteiger partial charge in [-0.3, -0.25) is 9.69 Å². The maximum absolute atomic E-state index is 13.4. The molecule has 1 heterocycles. The summed E-state index contributed by atoms with van der Waals surface area (Å²) in [7, 11) is 1.58. The standard InChI is InChI=1S/C23H15Cl3N2O2/c1-30-21-5-3-2-4-18(21)22-27-20(12-14-6-7-16(25)13-19(14)26)23(29)28(22)17-10-8-15(24)9-11-17/h2-13H,1H3/b20-12+. The quantitative estimate of drug-likeness (QED) is 0.420. The first-order valence-corrected chi connectivity index (χ1v) is 10.1. The summed E-state index contributed by atoms with van der Waals surface area (Å²) in [5.41, 5.74) is 2.22. The van der Waals surface area contributed by atoms with Gasteiger partial charge in [-0.1, -0.05) is 53.0 Å². The van der Waals surface area contributed by atoms with E-state index in [1.54, 1.807) is 55.7 Å². The Hall–Kier alpha value is -2.79. The number of amidine groups is 1. The average Bonchev–Trinajstić information content (AvgIpc) is 3.06. The first kappa shape index (κ1) is 20.5. The highest BCUT2D eigenvalue weighted by Crippen LogP contribution is 2.32. The molecule has 150 valence electrons. The zero-order valence-electron chi connectivity index (χ0n) is 15.8. The van der Waals surface area contributed by atoms with E-state index in [-0.39, 0.29) is 11.6 Å². The maximum Gasteiger partial charge on any atom is 0.282 e. The number of carbonyl (C=O) groups is 1. The highest BCUT2D eigenvalue weighted by molar-refractivity contribution is 6.37. The molecule has 4 rings (SSSR count). The van der Waals surface area contributed by atoms with Gasteiger partial charge in [0.2, 0.25) is 0 Å². The summed E-state index contributed by atoms with van der Waals surface area (Å²) < 4.78 is 5.49. The second-order valence-corrected chi connectivity index (χ2v) is 7.73. The summed E-state index contributed by atoms with van der Waals surface area (Å²) in [6.45, 7) is 0. The zero-order valence-corrected chi connectivity index (χ0v) is 18.0. The number of carbonyl (C=O) groups excluding carboxylic acids is 1. The summed E-state index contributed by atoms with van der Waals surface area (Å²) in [5, 5.41) is 1.52. The number of aliphatic imine (C=N–C) groups is 1. The fourth-order valence-corrected chi connectivity index (χ4v) is 3.71. The molecule has 7 heteroatoms. The monoisotopic (exact) mass is 456 g/mol. The van der Waals surface area contributed by atoms with Gasteiger partial charge in [0.1, 0.15) is 11.4 Å². The molecule has 0 saturated carbocycles. The van der Waals surface area contributed by atoms with Crippen molar-refractivity contribution in [2.45, 2.75) is 0 Å². The van der Waals surface area contributed by atoms with Crippen LogP contribution in [0.5, 0.6) is 5.75 Å². The molecular weight excluding hydrogens is 443 g/mol. The molecule has 4 nitrogen and oxygen atoms in total. The third kappa shape index (κ3) is 3.94. The number of nitrogens with zero attached hydrogens (tertiary/aromatic N) is 2. The Kier molecular flexibility index (Phi) is 5.82.